The Morgan fingerprint density at radius 3 is 2.52 bits per heavy atom. The molecule has 4 atom stereocenters. The molecule has 0 aliphatic heterocycles. The Morgan fingerprint density at radius 1 is 1.15 bits per heavy atom. The number of rotatable bonds is 9. The van der Waals surface area contributed by atoms with Crippen molar-refractivity contribution >= 4 is 15.9 Å². The van der Waals surface area contributed by atoms with E-state index < -0.39 is 10.0 Å². The normalized spacial score (nSPS) is 23.0. The molecule has 0 aromatic heterocycles. The molecule has 4 rings (SSSR count). The smallest absolute Gasteiger partial charge is 0.251 e. The van der Waals surface area contributed by atoms with E-state index in [2.05, 4.69) is 12.2 Å². The van der Waals surface area contributed by atoms with Crippen LogP contribution in [-0.4, -0.2) is 38.3 Å². The fourth-order valence-electron chi connectivity index (χ4n) is 5.62. The fourth-order valence-corrected chi connectivity index (χ4v) is 7.23. The third kappa shape index (κ3) is 4.94. The van der Waals surface area contributed by atoms with Gasteiger partial charge in [0.05, 0.1) is 7.11 Å². The molecule has 2 aliphatic rings. The molecule has 33 heavy (non-hydrogen) atoms. The number of amides is 1. The molecule has 0 heterocycles. The fraction of sp³-hybridized carbons (Fsp3) is 0.500. The van der Waals surface area contributed by atoms with Crippen LogP contribution >= 0.6 is 0 Å². The van der Waals surface area contributed by atoms with E-state index in [1.54, 1.807) is 19.1 Å². The Balaban J connectivity index is 1.55. The zero-order chi connectivity index (χ0) is 23.6. The van der Waals surface area contributed by atoms with Crippen LogP contribution in [0.5, 0.6) is 5.75 Å². The average Bonchev–Trinajstić information content (AvgIpc) is 3.46. The number of hydrogen-bond donors (Lipinski definition) is 1. The molecule has 0 saturated heterocycles. The first-order valence-electron chi connectivity index (χ1n) is 11.9. The van der Waals surface area contributed by atoms with Gasteiger partial charge in [0.2, 0.25) is 10.0 Å². The second-order valence-corrected chi connectivity index (χ2v) is 11.3. The molecular formula is C26H34N2O4S. The Kier molecular flexibility index (Phi) is 7.10. The van der Waals surface area contributed by atoms with Crippen molar-refractivity contribution in [3.63, 3.8) is 0 Å². The van der Waals surface area contributed by atoms with Gasteiger partial charge < -0.3 is 10.1 Å². The maximum Gasteiger partial charge on any atom is 0.251 e. The quantitative estimate of drug-likeness (QED) is 0.587. The minimum atomic E-state index is -3.87. The van der Waals surface area contributed by atoms with E-state index in [-0.39, 0.29) is 29.1 Å². The number of carbonyl (C=O) groups is 1. The minimum Gasteiger partial charge on any atom is -0.495 e. The summed E-state index contributed by atoms with van der Waals surface area (Å²) < 4.78 is 33.9. The highest BCUT2D eigenvalue weighted by Gasteiger charge is 2.42. The zero-order valence-corrected chi connectivity index (χ0v) is 20.5. The van der Waals surface area contributed by atoms with Crippen LogP contribution in [0.1, 0.15) is 55.5 Å². The Labute approximate surface area is 197 Å². The average molecular weight is 471 g/mol. The van der Waals surface area contributed by atoms with Crippen molar-refractivity contribution in [2.45, 2.75) is 57.0 Å². The maximum absolute atomic E-state index is 13.6. The van der Waals surface area contributed by atoms with E-state index in [0.717, 1.165) is 11.5 Å². The molecule has 6 nitrogen and oxygen atoms in total. The Bertz CT molecular complexity index is 1090. The summed E-state index contributed by atoms with van der Waals surface area (Å²) >= 11 is 0. The molecule has 2 saturated carbocycles. The molecule has 7 heteroatoms. The minimum absolute atomic E-state index is 0.0167. The lowest BCUT2D eigenvalue weighted by Gasteiger charge is -2.28. The summed E-state index contributed by atoms with van der Waals surface area (Å²) in [5, 5.41) is 3.13. The van der Waals surface area contributed by atoms with Crippen LogP contribution in [0.3, 0.4) is 0 Å². The Morgan fingerprint density at radius 2 is 1.91 bits per heavy atom. The number of carbonyl (C=O) groups excluding carboxylic acids is 1. The molecule has 1 amide bonds. The maximum atomic E-state index is 13.6. The summed E-state index contributed by atoms with van der Waals surface area (Å²) in [6.45, 7) is 4.43. The number of sulfonamides is 1. The second-order valence-electron chi connectivity index (χ2n) is 9.38. The SMILES string of the molecule is CCN(Cc1ccccc1)S(=O)(=O)c1cc(C(=O)N[C@@H](C)[C@H]2C[C@H]3CC[C@H]2C3)ccc1OC. The summed E-state index contributed by atoms with van der Waals surface area (Å²) in [5.41, 5.74) is 1.23. The number of ether oxygens (including phenoxy) is 1. The largest absolute Gasteiger partial charge is 0.495 e. The van der Waals surface area contributed by atoms with Crippen molar-refractivity contribution in [3.05, 3.63) is 59.7 Å². The van der Waals surface area contributed by atoms with Crippen LogP contribution in [0, 0.1) is 17.8 Å². The van der Waals surface area contributed by atoms with Crippen molar-refractivity contribution in [3.8, 4) is 5.75 Å². The van der Waals surface area contributed by atoms with Gasteiger partial charge in [0.1, 0.15) is 10.6 Å². The van der Waals surface area contributed by atoms with Gasteiger partial charge in [-0.3, -0.25) is 4.79 Å². The Hall–Kier alpha value is -2.38. The summed E-state index contributed by atoms with van der Waals surface area (Å²) in [4.78, 5) is 13.1. The molecule has 2 aromatic rings. The van der Waals surface area contributed by atoms with E-state index >= 15 is 0 Å². The predicted octanol–water partition coefficient (Wildman–Crippen LogP) is 4.46. The van der Waals surface area contributed by atoms with E-state index in [4.69, 9.17) is 4.74 Å². The lowest BCUT2D eigenvalue weighted by molar-refractivity contribution is 0.0915. The standard InChI is InChI=1S/C26H34N2O4S/c1-4-28(17-19-8-6-5-7-9-19)33(30,31)25-16-22(12-13-24(25)32-3)26(29)27-18(2)23-15-20-10-11-21(23)14-20/h5-9,12-13,16,18,20-21,23H,4,10-11,14-15,17H2,1-3H3,(H,27,29)/t18-,20-,21-,23+/m0/s1. The molecule has 2 aliphatic carbocycles. The molecule has 0 unspecified atom stereocenters. The molecule has 1 N–H and O–H groups in total. The van der Waals surface area contributed by atoms with E-state index in [0.29, 0.717) is 23.9 Å². The topological polar surface area (TPSA) is 75.7 Å². The second kappa shape index (κ2) is 9.85. The van der Waals surface area contributed by atoms with Gasteiger partial charge in [-0.25, -0.2) is 8.42 Å². The van der Waals surface area contributed by atoms with Crippen molar-refractivity contribution in [2.75, 3.05) is 13.7 Å². The van der Waals surface area contributed by atoms with Crippen LogP contribution in [0.4, 0.5) is 0 Å². The third-order valence-electron chi connectivity index (χ3n) is 7.39. The molecule has 0 radical (unpaired) electrons. The lowest BCUT2D eigenvalue weighted by atomic mass is 9.84. The highest BCUT2D eigenvalue weighted by molar-refractivity contribution is 7.89. The van der Waals surface area contributed by atoms with Gasteiger partial charge in [0.15, 0.2) is 0 Å². The third-order valence-corrected chi connectivity index (χ3v) is 9.33. The van der Waals surface area contributed by atoms with Gasteiger partial charge in [-0.15, -0.1) is 0 Å². The number of fused-ring (bicyclic) bond motifs is 2. The van der Waals surface area contributed by atoms with Gasteiger partial charge in [-0.1, -0.05) is 43.7 Å². The van der Waals surface area contributed by atoms with Gasteiger partial charge >= 0.3 is 0 Å². The molecule has 2 fully saturated rings. The number of nitrogens with one attached hydrogen (secondary N) is 1. The van der Waals surface area contributed by atoms with Crippen molar-refractivity contribution in [2.24, 2.45) is 17.8 Å². The zero-order valence-electron chi connectivity index (χ0n) is 19.7. The van der Waals surface area contributed by atoms with Crippen LogP contribution in [0.15, 0.2) is 53.4 Å². The first-order valence-corrected chi connectivity index (χ1v) is 13.3. The summed E-state index contributed by atoms with van der Waals surface area (Å²) in [6.07, 6.45) is 5.04. The van der Waals surface area contributed by atoms with Crippen molar-refractivity contribution in [1.29, 1.82) is 0 Å². The van der Waals surface area contributed by atoms with Crippen LogP contribution < -0.4 is 10.1 Å². The number of hydrogen-bond acceptors (Lipinski definition) is 4. The van der Waals surface area contributed by atoms with Crippen LogP contribution in [-0.2, 0) is 16.6 Å². The summed E-state index contributed by atoms with van der Waals surface area (Å²) in [5.74, 6) is 2.01. The van der Waals surface area contributed by atoms with Gasteiger partial charge in [0, 0.05) is 24.7 Å². The molecule has 2 bridgehead atoms. The van der Waals surface area contributed by atoms with E-state index in [9.17, 15) is 13.2 Å². The van der Waals surface area contributed by atoms with Crippen LogP contribution in [0.2, 0.25) is 0 Å². The monoisotopic (exact) mass is 470 g/mol. The van der Waals surface area contributed by atoms with Crippen molar-refractivity contribution < 1.29 is 17.9 Å². The highest BCUT2D eigenvalue weighted by atomic mass is 32.2. The molecule has 0 spiro atoms. The summed E-state index contributed by atoms with van der Waals surface area (Å²) in [6, 6.07) is 14.2. The predicted molar refractivity (Wildman–Crippen MR) is 129 cm³/mol. The number of benzene rings is 2. The van der Waals surface area contributed by atoms with Gasteiger partial charge in [-0.2, -0.15) is 4.31 Å². The molecule has 178 valence electrons. The van der Waals surface area contributed by atoms with Gasteiger partial charge in [0.25, 0.3) is 5.91 Å². The van der Waals surface area contributed by atoms with Crippen LogP contribution in [0.25, 0.3) is 0 Å². The lowest BCUT2D eigenvalue weighted by Crippen LogP contribution is -2.40. The molecular weight excluding hydrogens is 436 g/mol. The summed E-state index contributed by atoms with van der Waals surface area (Å²) in [7, 11) is -2.43. The van der Waals surface area contributed by atoms with E-state index in [1.807, 2.05) is 30.3 Å². The van der Waals surface area contributed by atoms with E-state index in [1.165, 1.54) is 43.2 Å². The highest BCUT2D eigenvalue weighted by Crippen LogP contribution is 2.49. The molecule has 2 aromatic carbocycles. The number of nitrogens with zero attached hydrogens (tertiary/aromatic N) is 1. The van der Waals surface area contributed by atoms with Gasteiger partial charge in [-0.05, 0) is 67.7 Å². The van der Waals surface area contributed by atoms with Crippen molar-refractivity contribution in [1.82, 2.24) is 9.62 Å². The first kappa shape index (κ1) is 23.8. The first-order chi connectivity index (χ1) is 15.8. The number of methoxy groups -OCH3 is 1.